The van der Waals surface area contributed by atoms with Gasteiger partial charge in [0, 0.05) is 0 Å². The third-order valence-electron chi connectivity index (χ3n) is 2.43. The van der Waals surface area contributed by atoms with E-state index in [0.717, 1.165) is 0 Å². The Morgan fingerprint density at radius 2 is 1.65 bits per heavy atom. The van der Waals surface area contributed by atoms with Crippen molar-refractivity contribution in [3.8, 4) is 0 Å². The number of esters is 1. The van der Waals surface area contributed by atoms with Gasteiger partial charge in [-0.3, -0.25) is 4.79 Å². The number of methoxy groups -OCH3 is 1. The highest BCUT2D eigenvalue weighted by atomic mass is 16.5. The van der Waals surface area contributed by atoms with E-state index in [1.807, 2.05) is 0 Å². The van der Waals surface area contributed by atoms with Crippen LogP contribution >= 0.6 is 0 Å². The lowest BCUT2D eigenvalue weighted by Gasteiger charge is -2.22. The lowest BCUT2D eigenvalue weighted by Crippen LogP contribution is -2.49. The second-order valence-electron chi connectivity index (χ2n) is 4.55. The second kappa shape index (κ2) is 6.98. The first kappa shape index (κ1) is 15.5. The average molecular weight is 244 g/mol. The van der Waals surface area contributed by atoms with Crippen molar-refractivity contribution in [3.05, 3.63) is 4.91 Å². The first-order valence-corrected chi connectivity index (χ1v) is 5.55. The quantitative estimate of drug-likeness (QED) is 0.560. The van der Waals surface area contributed by atoms with Gasteiger partial charge in [-0.15, -0.1) is 4.91 Å². The Bertz CT molecular complexity index is 289. The molecule has 0 heterocycles. The molecule has 0 aliphatic rings. The zero-order valence-corrected chi connectivity index (χ0v) is 10.9. The van der Waals surface area contributed by atoms with E-state index in [4.69, 9.17) is 0 Å². The van der Waals surface area contributed by atoms with E-state index in [0.29, 0.717) is 0 Å². The van der Waals surface area contributed by atoms with E-state index < -0.39 is 24.0 Å². The van der Waals surface area contributed by atoms with Crippen LogP contribution in [0.15, 0.2) is 5.18 Å². The van der Waals surface area contributed by atoms with Crippen molar-refractivity contribution >= 4 is 11.9 Å². The van der Waals surface area contributed by atoms with Crippen LogP contribution in [0.2, 0.25) is 0 Å². The van der Waals surface area contributed by atoms with E-state index in [2.05, 4.69) is 15.2 Å². The van der Waals surface area contributed by atoms with Gasteiger partial charge in [-0.05, 0) is 11.8 Å². The highest BCUT2D eigenvalue weighted by Gasteiger charge is 2.30. The molecule has 0 rings (SSSR count). The Labute approximate surface area is 101 Å². The normalized spacial score (nSPS) is 14.3. The fourth-order valence-electron chi connectivity index (χ4n) is 1.34. The number of hydrogen-bond donors (Lipinski definition) is 1. The maximum Gasteiger partial charge on any atom is 0.328 e. The first-order chi connectivity index (χ1) is 7.84. The van der Waals surface area contributed by atoms with Gasteiger partial charge in [-0.2, -0.15) is 0 Å². The summed E-state index contributed by atoms with van der Waals surface area (Å²) in [4.78, 5) is 33.7. The van der Waals surface area contributed by atoms with Crippen molar-refractivity contribution < 1.29 is 14.3 Å². The molecule has 0 aromatic rings. The molecule has 0 spiro atoms. The molecule has 0 aliphatic heterocycles. The second-order valence-corrected chi connectivity index (χ2v) is 4.55. The Morgan fingerprint density at radius 3 is 1.94 bits per heavy atom. The molecular weight excluding hydrogens is 224 g/mol. The largest absolute Gasteiger partial charge is 0.467 e. The maximum absolute atomic E-state index is 11.7. The lowest BCUT2D eigenvalue weighted by atomic mass is 10.0. The molecule has 0 aliphatic carbocycles. The number of nitrogens with one attached hydrogen (secondary N) is 1. The summed E-state index contributed by atoms with van der Waals surface area (Å²) in [6.07, 6.45) is 0. The van der Waals surface area contributed by atoms with Crippen molar-refractivity contribution in [1.29, 1.82) is 0 Å². The van der Waals surface area contributed by atoms with Crippen LogP contribution in [-0.4, -0.2) is 31.1 Å². The van der Waals surface area contributed by atoms with Crippen LogP contribution in [0.5, 0.6) is 0 Å². The van der Waals surface area contributed by atoms with Crippen molar-refractivity contribution in [1.82, 2.24) is 5.32 Å². The van der Waals surface area contributed by atoms with Crippen LogP contribution in [-0.2, 0) is 14.3 Å². The van der Waals surface area contributed by atoms with Gasteiger partial charge >= 0.3 is 5.97 Å². The third-order valence-corrected chi connectivity index (χ3v) is 2.43. The summed E-state index contributed by atoms with van der Waals surface area (Å²) >= 11 is 0. The molecule has 17 heavy (non-hydrogen) atoms. The zero-order chi connectivity index (χ0) is 13.6. The highest BCUT2D eigenvalue weighted by Crippen LogP contribution is 2.09. The summed E-state index contributed by atoms with van der Waals surface area (Å²) < 4.78 is 4.59. The summed E-state index contributed by atoms with van der Waals surface area (Å²) in [7, 11) is 1.25. The molecule has 0 saturated carbocycles. The van der Waals surface area contributed by atoms with Gasteiger partial charge < -0.3 is 10.1 Å². The van der Waals surface area contributed by atoms with Gasteiger partial charge in [0.1, 0.15) is 6.04 Å². The summed E-state index contributed by atoms with van der Waals surface area (Å²) in [5.41, 5.74) is 0. The minimum absolute atomic E-state index is 0.120. The topological polar surface area (TPSA) is 84.8 Å². The Kier molecular flexibility index (Phi) is 6.38. The van der Waals surface area contributed by atoms with E-state index in [-0.39, 0.29) is 11.8 Å². The van der Waals surface area contributed by atoms with Gasteiger partial charge in [0.25, 0.3) is 0 Å². The van der Waals surface area contributed by atoms with Crippen LogP contribution in [0.4, 0.5) is 0 Å². The van der Waals surface area contributed by atoms with Gasteiger partial charge in [-0.1, -0.05) is 32.9 Å². The number of carbonyl (C=O) groups is 2. The van der Waals surface area contributed by atoms with Crippen LogP contribution < -0.4 is 5.32 Å². The Hall–Kier alpha value is -1.46. The van der Waals surface area contributed by atoms with E-state index >= 15 is 0 Å². The summed E-state index contributed by atoms with van der Waals surface area (Å²) in [5, 5.41) is 5.26. The molecule has 6 heteroatoms. The number of amides is 1. The van der Waals surface area contributed by atoms with Crippen LogP contribution in [0.1, 0.15) is 27.7 Å². The molecule has 0 aromatic heterocycles. The number of nitrogens with zero attached hydrogens (tertiary/aromatic N) is 1. The first-order valence-electron chi connectivity index (χ1n) is 5.55. The fourth-order valence-corrected chi connectivity index (χ4v) is 1.34. The predicted octanol–water partition coefficient (Wildman–Crippen LogP) is 1.09. The van der Waals surface area contributed by atoms with Crippen LogP contribution in [0, 0.1) is 16.7 Å². The van der Waals surface area contributed by atoms with Gasteiger partial charge in [0.15, 0.2) is 6.04 Å². The van der Waals surface area contributed by atoms with Crippen LogP contribution in [0.25, 0.3) is 0 Å². The van der Waals surface area contributed by atoms with E-state index in [1.165, 1.54) is 7.11 Å². The monoisotopic (exact) mass is 244 g/mol. The molecule has 0 radical (unpaired) electrons. The fraction of sp³-hybridized carbons (Fsp3) is 0.818. The van der Waals surface area contributed by atoms with Crippen molar-refractivity contribution in [2.45, 2.75) is 39.8 Å². The minimum Gasteiger partial charge on any atom is -0.467 e. The highest BCUT2D eigenvalue weighted by molar-refractivity contribution is 5.87. The zero-order valence-electron chi connectivity index (χ0n) is 10.9. The van der Waals surface area contributed by atoms with Crippen LogP contribution in [0.3, 0.4) is 0 Å². The molecule has 0 unspecified atom stereocenters. The summed E-state index contributed by atoms with van der Waals surface area (Å²) in [5.74, 6) is -1.40. The van der Waals surface area contributed by atoms with E-state index in [1.54, 1.807) is 27.7 Å². The standard InChI is InChI=1S/C11H20N2O4/c1-6(2)8(13-16)10(14)12-9(7(3)4)11(15)17-5/h6-9H,1-5H3,(H,12,14)/t8-,9-/m0/s1. The SMILES string of the molecule is COC(=O)[C@@H](NC(=O)[C@@H](N=O)C(C)C)C(C)C. The van der Waals surface area contributed by atoms with Gasteiger partial charge in [-0.25, -0.2) is 4.79 Å². The number of rotatable bonds is 6. The third kappa shape index (κ3) is 4.50. The number of ether oxygens (including phenoxy) is 1. The number of hydrogen-bond acceptors (Lipinski definition) is 5. The van der Waals surface area contributed by atoms with Gasteiger partial charge in [0.05, 0.1) is 7.11 Å². The van der Waals surface area contributed by atoms with Crippen molar-refractivity contribution in [3.63, 3.8) is 0 Å². The molecule has 1 amide bonds. The molecule has 2 atom stereocenters. The van der Waals surface area contributed by atoms with Crippen molar-refractivity contribution in [2.75, 3.05) is 7.11 Å². The molecule has 0 saturated heterocycles. The summed E-state index contributed by atoms with van der Waals surface area (Å²) in [6, 6.07) is -1.74. The van der Waals surface area contributed by atoms with E-state index in [9.17, 15) is 14.5 Å². The van der Waals surface area contributed by atoms with Gasteiger partial charge in [0.2, 0.25) is 5.91 Å². The number of nitroso groups, excluding NO2 is 1. The molecule has 1 N–H and O–H groups in total. The Morgan fingerprint density at radius 1 is 1.12 bits per heavy atom. The molecule has 0 aromatic carbocycles. The minimum atomic E-state index is -0.985. The predicted molar refractivity (Wildman–Crippen MR) is 63.2 cm³/mol. The molecule has 0 fully saturated rings. The van der Waals surface area contributed by atoms with Crippen molar-refractivity contribution in [2.24, 2.45) is 17.0 Å². The average Bonchev–Trinajstić information content (AvgIpc) is 2.24. The molecule has 6 nitrogen and oxygen atoms in total. The summed E-state index contributed by atoms with van der Waals surface area (Å²) in [6.45, 7) is 6.99. The Balaban J connectivity index is 4.71. The number of carbonyl (C=O) groups excluding carboxylic acids is 2. The molecule has 98 valence electrons. The maximum atomic E-state index is 11.7. The molecular formula is C11H20N2O4. The lowest BCUT2D eigenvalue weighted by molar-refractivity contribution is -0.146. The molecule has 0 bridgehead atoms. The smallest absolute Gasteiger partial charge is 0.328 e.